The van der Waals surface area contributed by atoms with E-state index in [0.717, 1.165) is 0 Å². The first-order valence-electron chi connectivity index (χ1n) is 6.08. The van der Waals surface area contributed by atoms with Crippen molar-refractivity contribution in [3.05, 3.63) is 64.8 Å². The van der Waals surface area contributed by atoms with Gasteiger partial charge in [0.2, 0.25) is 0 Å². The van der Waals surface area contributed by atoms with Gasteiger partial charge in [-0.3, -0.25) is 0 Å². The van der Waals surface area contributed by atoms with Crippen molar-refractivity contribution in [2.75, 3.05) is 0 Å². The molecule has 1 nitrogen and oxygen atoms in total. The zero-order valence-corrected chi connectivity index (χ0v) is 11.3. The Balaban J connectivity index is 1.84. The molecule has 0 bridgehead atoms. The molecule has 0 aliphatic heterocycles. The largest absolute Gasteiger partial charge is 0.489 e. The van der Waals surface area contributed by atoms with Crippen molar-refractivity contribution < 1.29 is 9.13 Å². The first-order valence-corrected chi connectivity index (χ1v) is 6.96. The molecule has 19 heavy (non-hydrogen) atoms. The smallest absolute Gasteiger partial charge is 0.123 e. The molecule has 2 aromatic carbocycles. The van der Waals surface area contributed by atoms with E-state index in [9.17, 15) is 4.39 Å². The van der Waals surface area contributed by atoms with Gasteiger partial charge in [0, 0.05) is 15.6 Å². The summed E-state index contributed by atoms with van der Waals surface area (Å²) >= 11 is 1.73. The second-order valence-corrected chi connectivity index (χ2v) is 5.36. The van der Waals surface area contributed by atoms with Crippen LogP contribution in [0.2, 0.25) is 0 Å². The standard InChI is InChI=1S/C16H13FOS/c1-11-3-2-4-15-16(11)12(10-19-15)9-18-14-7-5-13(17)6-8-14/h2-8,10H,9H2,1H3. The average molecular weight is 272 g/mol. The second-order valence-electron chi connectivity index (χ2n) is 4.45. The Hall–Kier alpha value is -1.87. The molecule has 1 heterocycles. The quantitative estimate of drug-likeness (QED) is 0.657. The van der Waals surface area contributed by atoms with Crippen molar-refractivity contribution in [3.8, 4) is 5.75 Å². The van der Waals surface area contributed by atoms with E-state index in [1.54, 1.807) is 23.5 Å². The van der Waals surface area contributed by atoms with Crippen LogP contribution in [0.4, 0.5) is 4.39 Å². The molecule has 3 heteroatoms. The Bertz CT molecular complexity index is 700. The Morgan fingerprint density at radius 1 is 1.11 bits per heavy atom. The number of hydrogen-bond donors (Lipinski definition) is 0. The lowest BCUT2D eigenvalue weighted by atomic mass is 10.1. The Labute approximate surface area is 115 Å². The van der Waals surface area contributed by atoms with E-state index in [2.05, 4.69) is 30.5 Å². The number of thiophene rings is 1. The van der Waals surface area contributed by atoms with Crippen LogP contribution in [0.1, 0.15) is 11.1 Å². The third kappa shape index (κ3) is 2.47. The molecule has 0 amide bonds. The van der Waals surface area contributed by atoms with Crippen molar-refractivity contribution in [3.63, 3.8) is 0 Å². The minimum absolute atomic E-state index is 0.246. The van der Waals surface area contributed by atoms with Gasteiger partial charge in [-0.1, -0.05) is 12.1 Å². The molecule has 0 saturated carbocycles. The molecular weight excluding hydrogens is 259 g/mol. The van der Waals surface area contributed by atoms with Gasteiger partial charge in [0.1, 0.15) is 18.2 Å². The summed E-state index contributed by atoms with van der Waals surface area (Å²) < 4.78 is 19.8. The van der Waals surface area contributed by atoms with Crippen LogP contribution >= 0.6 is 11.3 Å². The predicted octanol–water partition coefficient (Wildman–Crippen LogP) is 4.93. The molecule has 0 fully saturated rings. The van der Waals surface area contributed by atoms with E-state index in [1.165, 1.54) is 33.3 Å². The zero-order chi connectivity index (χ0) is 13.2. The first kappa shape index (κ1) is 12.2. The molecule has 3 rings (SSSR count). The molecule has 0 atom stereocenters. The minimum atomic E-state index is -0.246. The third-order valence-electron chi connectivity index (χ3n) is 3.09. The highest BCUT2D eigenvalue weighted by molar-refractivity contribution is 7.17. The van der Waals surface area contributed by atoms with Crippen molar-refractivity contribution in [1.82, 2.24) is 0 Å². The van der Waals surface area contributed by atoms with Gasteiger partial charge in [0.15, 0.2) is 0 Å². The number of benzene rings is 2. The van der Waals surface area contributed by atoms with Gasteiger partial charge in [-0.05, 0) is 48.2 Å². The second kappa shape index (κ2) is 5.02. The summed E-state index contributed by atoms with van der Waals surface area (Å²) in [5.74, 6) is 0.443. The number of fused-ring (bicyclic) bond motifs is 1. The molecule has 0 N–H and O–H groups in total. The monoisotopic (exact) mass is 272 g/mol. The lowest BCUT2D eigenvalue weighted by molar-refractivity contribution is 0.307. The van der Waals surface area contributed by atoms with Crippen LogP contribution in [0.3, 0.4) is 0 Å². The fraction of sp³-hybridized carbons (Fsp3) is 0.125. The molecule has 0 unspecified atom stereocenters. The van der Waals surface area contributed by atoms with Crippen molar-refractivity contribution in [2.24, 2.45) is 0 Å². The van der Waals surface area contributed by atoms with Gasteiger partial charge in [0.05, 0.1) is 0 Å². The zero-order valence-electron chi connectivity index (χ0n) is 10.5. The molecule has 0 aliphatic carbocycles. The first-order chi connectivity index (χ1) is 9.24. The Morgan fingerprint density at radius 2 is 1.89 bits per heavy atom. The van der Waals surface area contributed by atoms with E-state index >= 15 is 0 Å². The summed E-state index contributed by atoms with van der Waals surface area (Å²) in [5.41, 5.74) is 2.44. The molecule has 0 spiro atoms. The van der Waals surface area contributed by atoms with Gasteiger partial charge in [-0.2, -0.15) is 0 Å². The van der Waals surface area contributed by atoms with Gasteiger partial charge in [0.25, 0.3) is 0 Å². The SMILES string of the molecule is Cc1cccc2scc(COc3ccc(F)cc3)c12. The molecular formula is C16H13FOS. The maximum Gasteiger partial charge on any atom is 0.123 e. The van der Waals surface area contributed by atoms with Gasteiger partial charge >= 0.3 is 0 Å². The molecule has 0 saturated heterocycles. The topological polar surface area (TPSA) is 9.23 Å². The van der Waals surface area contributed by atoms with Crippen LogP contribution in [0.5, 0.6) is 5.75 Å². The summed E-state index contributed by atoms with van der Waals surface area (Å²) in [6.45, 7) is 2.62. The highest BCUT2D eigenvalue weighted by Crippen LogP contribution is 2.29. The normalized spacial score (nSPS) is 10.8. The minimum Gasteiger partial charge on any atom is -0.489 e. The lowest BCUT2D eigenvalue weighted by Crippen LogP contribution is -1.95. The molecule has 3 aromatic rings. The summed E-state index contributed by atoms with van der Waals surface area (Å²) in [6.07, 6.45) is 0. The maximum atomic E-state index is 12.8. The third-order valence-corrected chi connectivity index (χ3v) is 4.09. The molecule has 0 aliphatic rings. The van der Waals surface area contributed by atoms with Crippen molar-refractivity contribution in [1.29, 1.82) is 0 Å². The Morgan fingerprint density at radius 3 is 2.68 bits per heavy atom. The van der Waals surface area contributed by atoms with Gasteiger partial charge < -0.3 is 4.74 Å². The van der Waals surface area contributed by atoms with Crippen LogP contribution in [-0.2, 0) is 6.61 Å². The number of ether oxygens (including phenoxy) is 1. The van der Waals surface area contributed by atoms with E-state index < -0.39 is 0 Å². The summed E-state index contributed by atoms with van der Waals surface area (Å²) in [4.78, 5) is 0. The predicted molar refractivity (Wildman–Crippen MR) is 77.3 cm³/mol. The van der Waals surface area contributed by atoms with Crippen molar-refractivity contribution >= 4 is 21.4 Å². The lowest BCUT2D eigenvalue weighted by Gasteiger charge is -2.06. The van der Waals surface area contributed by atoms with Crippen molar-refractivity contribution in [2.45, 2.75) is 13.5 Å². The number of hydrogen-bond acceptors (Lipinski definition) is 2. The molecule has 0 radical (unpaired) electrons. The highest BCUT2D eigenvalue weighted by atomic mass is 32.1. The van der Waals surface area contributed by atoms with E-state index in [-0.39, 0.29) is 5.82 Å². The average Bonchev–Trinajstić information content (AvgIpc) is 2.83. The van der Waals surface area contributed by atoms with Gasteiger partial charge in [-0.25, -0.2) is 4.39 Å². The summed E-state index contributed by atoms with van der Waals surface area (Å²) in [6, 6.07) is 12.4. The molecule has 96 valence electrons. The number of rotatable bonds is 3. The van der Waals surface area contributed by atoms with Crippen LogP contribution in [0.15, 0.2) is 47.8 Å². The van der Waals surface area contributed by atoms with E-state index in [0.29, 0.717) is 12.4 Å². The summed E-state index contributed by atoms with van der Waals surface area (Å²) in [7, 11) is 0. The Kier molecular flexibility index (Phi) is 3.22. The highest BCUT2D eigenvalue weighted by Gasteiger charge is 2.07. The van der Waals surface area contributed by atoms with Crippen LogP contribution in [-0.4, -0.2) is 0 Å². The van der Waals surface area contributed by atoms with E-state index in [4.69, 9.17) is 4.74 Å². The van der Waals surface area contributed by atoms with Crippen LogP contribution in [0.25, 0.3) is 10.1 Å². The number of aryl methyl sites for hydroxylation is 1. The summed E-state index contributed by atoms with van der Waals surface area (Å²) in [5, 5.41) is 3.40. The fourth-order valence-corrected chi connectivity index (χ4v) is 3.16. The van der Waals surface area contributed by atoms with Crippen LogP contribution in [0, 0.1) is 12.7 Å². The fourth-order valence-electron chi connectivity index (χ4n) is 2.14. The maximum absolute atomic E-state index is 12.8. The molecule has 1 aromatic heterocycles. The van der Waals surface area contributed by atoms with Crippen LogP contribution < -0.4 is 4.74 Å². The van der Waals surface area contributed by atoms with Gasteiger partial charge in [-0.15, -0.1) is 11.3 Å². The van der Waals surface area contributed by atoms with E-state index in [1.807, 2.05) is 0 Å². The number of halogens is 1.